The van der Waals surface area contributed by atoms with Crippen LogP contribution in [0.2, 0.25) is 0 Å². The molecule has 1 rings (SSSR count). The van der Waals surface area contributed by atoms with Crippen molar-refractivity contribution in [3.63, 3.8) is 0 Å². The highest BCUT2D eigenvalue weighted by Gasteiger charge is 2.23. The summed E-state index contributed by atoms with van der Waals surface area (Å²) in [7, 11) is 0. The summed E-state index contributed by atoms with van der Waals surface area (Å²) < 4.78 is 4.97. The molecule has 0 aromatic rings. The summed E-state index contributed by atoms with van der Waals surface area (Å²) in [5, 5.41) is 0. The monoisotopic (exact) mass is 195 g/mol. The number of hydrogen-bond acceptors (Lipinski definition) is 2. The molecule has 0 aliphatic carbocycles. The molecule has 0 spiro atoms. The van der Waals surface area contributed by atoms with Crippen LogP contribution in [0.15, 0.2) is 23.4 Å². The zero-order valence-corrected chi connectivity index (χ0v) is 9.20. The molecule has 0 saturated heterocycles. The molecule has 3 heteroatoms. The number of allylic oxidation sites excluding steroid dienone is 3. The molecular weight excluding hydrogens is 178 g/mol. The van der Waals surface area contributed by atoms with Gasteiger partial charge in [-0.3, -0.25) is 4.90 Å². The number of rotatable bonds is 1. The van der Waals surface area contributed by atoms with E-state index in [1.54, 1.807) is 4.90 Å². The van der Waals surface area contributed by atoms with Crippen molar-refractivity contribution in [3.8, 4) is 0 Å². The first-order valence-corrected chi connectivity index (χ1v) is 4.89. The molecule has 1 atom stereocenters. The molecule has 1 unspecified atom stereocenters. The van der Waals surface area contributed by atoms with Crippen LogP contribution in [0.3, 0.4) is 0 Å². The van der Waals surface area contributed by atoms with Crippen molar-refractivity contribution in [3.05, 3.63) is 23.4 Å². The second-order valence-electron chi connectivity index (χ2n) is 3.51. The van der Waals surface area contributed by atoms with Crippen molar-refractivity contribution in [1.82, 2.24) is 4.90 Å². The number of hydrogen-bond donors (Lipinski definition) is 0. The summed E-state index contributed by atoms with van der Waals surface area (Å²) in [5.41, 5.74) is 2.13. The van der Waals surface area contributed by atoms with Crippen molar-refractivity contribution in [1.29, 1.82) is 0 Å². The van der Waals surface area contributed by atoms with Gasteiger partial charge < -0.3 is 4.74 Å². The molecule has 0 aromatic carbocycles. The van der Waals surface area contributed by atoms with Gasteiger partial charge in [0.2, 0.25) is 0 Å². The van der Waals surface area contributed by atoms with Gasteiger partial charge in [0, 0.05) is 5.70 Å². The average Bonchev–Trinajstić information content (AvgIpc) is 2.01. The standard InChI is InChI=1S/C11H17NO2/c1-5-14-11(13)12-9(3)6-8(2)7-10(12)4/h6-7,9H,5H2,1-4H3. The van der Waals surface area contributed by atoms with Gasteiger partial charge in [-0.25, -0.2) is 4.79 Å². The minimum atomic E-state index is -0.266. The predicted octanol–water partition coefficient (Wildman–Crippen LogP) is 2.70. The summed E-state index contributed by atoms with van der Waals surface area (Å²) >= 11 is 0. The third-order valence-electron chi connectivity index (χ3n) is 2.19. The van der Waals surface area contributed by atoms with Gasteiger partial charge in [0.25, 0.3) is 0 Å². The van der Waals surface area contributed by atoms with Crippen LogP contribution in [-0.4, -0.2) is 23.6 Å². The first-order chi connectivity index (χ1) is 6.56. The Labute approximate surface area is 85.0 Å². The zero-order chi connectivity index (χ0) is 10.7. The molecule has 14 heavy (non-hydrogen) atoms. The molecule has 3 nitrogen and oxygen atoms in total. The third kappa shape index (κ3) is 2.16. The molecule has 0 aromatic heterocycles. The van der Waals surface area contributed by atoms with E-state index in [4.69, 9.17) is 4.74 Å². The zero-order valence-electron chi connectivity index (χ0n) is 9.20. The Balaban J connectivity index is 2.81. The van der Waals surface area contributed by atoms with Crippen LogP contribution in [0.1, 0.15) is 27.7 Å². The highest BCUT2D eigenvalue weighted by Crippen LogP contribution is 2.20. The van der Waals surface area contributed by atoms with Gasteiger partial charge in [0.05, 0.1) is 12.6 Å². The van der Waals surface area contributed by atoms with E-state index < -0.39 is 0 Å². The fourth-order valence-corrected chi connectivity index (χ4v) is 1.73. The average molecular weight is 195 g/mol. The molecule has 1 aliphatic heterocycles. The lowest BCUT2D eigenvalue weighted by atomic mass is 10.1. The van der Waals surface area contributed by atoms with E-state index in [2.05, 4.69) is 0 Å². The quantitative estimate of drug-likeness (QED) is 0.643. The van der Waals surface area contributed by atoms with E-state index in [9.17, 15) is 4.79 Å². The van der Waals surface area contributed by atoms with Crippen LogP contribution in [-0.2, 0) is 4.74 Å². The second-order valence-corrected chi connectivity index (χ2v) is 3.51. The van der Waals surface area contributed by atoms with Crippen molar-refractivity contribution in [2.45, 2.75) is 33.7 Å². The first-order valence-electron chi connectivity index (χ1n) is 4.89. The molecule has 1 aliphatic rings. The number of carbonyl (C=O) groups is 1. The van der Waals surface area contributed by atoms with Gasteiger partial charge in [0.1, 0.15) is 0 Å². The van der Waals surface area contributed by atoms with Gasteiger partial charge in [-0.15, -0.1) is 0 Å². The fraction of sp³-hybridized carbons (Fsp3) is 0.545. The van der Waals surface area contributed by atoms with Crippen molar-refractivity contribution < 1.29 is 9.53 Å². The van der Waals surface area contributed by atoms with E-state index in [0.29, 0.717) is 6.61 Å². The maximum absolute atomic E-state index is 11.6. The summed E-state index contributed by atoms with van der Waals surface area (Å²) in [6, 6.07) is 0.0825. The number of carbonyl (C=O) groups excluding carboxylic acids is 1. The molecule has 0 fully saturated rings. The van der Waals surface area contributed by atoms with Gasteiger partial charge in [-0.05, 0) is 33.8 Å². The van der Waals surface area contributed by atoms with E-state index in [1.807, 2.05) is 39.8 Å². The molecule has 1 amide bonds. The van der Waals surface area contributed by atoms with Crippen LogP contribution in [0.5, 0.6) is 0 Å². The molecule has 0 bridgehead atoms. The Hall–Kier alpha value is -1.25. The van der Waals surface area contributed by atoms with Crippen molar-refractivity contribution in [2.75, 3.05) is 6.61 Å². The highest BCUT2D eigenvalue weighted by atomic mass is 16.6. The Kier molecular flexibility index (Phi) is 3.33. The minimum absolute atomic E-state index is 0.0825. The van der Waals surface area contributed by atoms with Crippen LogP contribution in [0.4, 0.5) is 4.79 Å². The van der Waals surface area contributed by atoms with Crippen molar-refractivity contribution in [2.24, 2.45) is 0 Å². The lowest BCUT2D eigenvalue weighted by Gasteiger charge is -2.30. The predicted molar refractivity (Wildman–Crippen MR) is 55.8 cm³/mol. The molecule has 1 heterocycles. The summed E-state index contributed by atoms with van der Waals surface area (Å²) in [4.78, 5) is 13.2. The molecule has 0 N–H and O–H groups in total. The molecule has 78 valence electrons. The highest BCUT2D eigenvalue weighted by molar-refractivity contribution is 5.71. The summed E-state index contributed by atoms with van der Waals surface area (Å²) in [6.07, 6.45) is 3.76. The fourth-order valence-electron chi connectivity index (χ4n) is 1.73. The van der Waals surface area contributed by atoms with E-state index in [-0.39, 0.29) is 12.1 Å². The van der Waals surface area contributed by atoms with Gasteiger partial charge >= 0.3 is 6.09 Å². The van der Waals surface area contributed by atoms with E-state index in [0.717, 1.165) is 5.70 Å². The topological polar surface area (TPSA) is 29.5 Å². The molecular formula is C11H17NO2. The van der Waals surface area contributed by atoms with Crippen LogP contribution < -0.4 is 0 Å². The largest absolute Gasteiger partial charge is 0.449 e. The van der Waals surface area contributed by atoms with Gasteiger partial charge in [-0.2, -0.15) is 0 Å². The van der Waals surface area contributed by atoms with E-state index >= 15 is 0 Å². The Morgan fingerprint density at radius 2 is 2.21 bits per heavy atom. The smallest absolute Gasteiger partial charge is 0.414 e. The first kappa shape index (κ1) is 10.8. The molecule has 0 saturated carbocycles. The normalized spacial score (nSPS) is 21.4. The Morgan fingerprint density at radius 1 is 1.57 bits per heavy atom. The van der Waals surface area contributed by atoms with Crippen LogP contribution in [0, 0.1) is 0 Å². The molecule has 0 radical (unpaired) electrons. The Morgan fingerprint density at radius 3 is 2.71 bits per heavy atom. The summed E-state index contributed by atoms with van der Waals surface area (Å²) in [5.74, 6) is 0. The second kappa shape index (κ2) is 4.31. The maximum atomic E-state index is 11.6. The maximum Gasteiger partial charge on any atom is 0.414 e. The lowest BCUT2D eigenvalue weighted by molar-refractivity contribution is 0.112. The number of amides is 1. The Bertz CT molecular complexity index is 292. The van der Waals surface area contributed by atoms with E-state index in [1.165, 1.54) is 5.57 Å². The van der Waals surface area contributed by atoms with Crippen LogP contribution in [0.25, 0.3) is 0 Å². The number of nitrogens with zero attached hydrogens (tertiary/aromatic N) is 1. The number of ether oxygens (including phenoxy) is 1. The van der Waals surface area contributed by atoms with Crippen LogP contribution >= 0.6 is 0 Å². The van der Waals surface area contributed by atoms with Gasteiger partial charge in [0.15, 0.2) is 0 Å². The van der Waals surface area contributed by atoms with Crippen molar-refractivity contribution >= 4 is 6.09 Å². The lowest BCUT2D eigenvalue weighted by Crippen LogP contribution is -2.38. The van der Waals surface area contributed by atoms with Gasteiger partial charge in [-0.1, -0.05) is 11.6 Å². The third-order valence-corrected chi connectivity index (χ3v) is 2.19. The SMILES string of the molecule is CCOC(=O)N1C(C)=CC(C)=CC1C. The minimum Gasteiger partial charge on any atom is -0.449 e. The summed E-state index contributed by atoms with van der Waals surface area (Å²) in [6.45, 7) is 8.16.